The van der Waals surface area contributed by atoms with E-state index in [2.05, 4.69) is 13.2 Å². The van der Waals surface area contributed by atoms with E-state index >= 15 is 0 Å². The number of carbonyl (C=O) groups excluding carboxylic acids is 1. The summed E-state index contributed by atoms with van der Waals surface area (Å²) in [5, 5.41) is 9.30. The Labute approximate surface area is 108 Å². The van der Waals surface area contributed by atoms with Crippen molar-refractivity contribution >= 4 is 11.9 Å². The number of carboxylic acids is 1. The highest BCUT2D eigenvalue weighted by Gasteiger charge is 2.46. The Kier molecular flexibility index (Phi) is 4.70. The van der Waals surface area contributed by atoms with Crippen molar-refractivity contribution < 1.29 is 14.7 Å². The zero-order valence-electron chi connectivity index (χ0n) is 10.9. The Bertz CT molecular complexity index is 354. The third-order valence-electron chi connectivity index (χ3n) is 3.62. The van der Waals surface area contributed by atoms with Crippen LogP contribution in [0.3, 0.4) is 0 Å². The molecule has 0 spiro atoms. The second kappa shape index (κ2) is 5.85. The van der Waals surface area contributed by atoms with Gasteiger partial charge in [-0.05, 0) is 32.6 Å². The third-order valence-corrected chi connectivity index (χ3v) is 3.62. The average molecular weight is 251 g/mol. The van der Waals surface area contributed by atoms with Gasteiger partial charge in [0, 0.05) is 12.5 Å². The van der Waals surface area contributed by atoms with E-state index < -0.39 is 11.5 Å². The molecule has 4 nitrogen and oxygen atoms in total. The first-order valence-corrected chi connectivity index (χ1v) is 6.24. The number of hydrogen-bond acceptors (Lipinski definition) is 2. The molecule has 100 valence electrons. The lowest BCUT2D eigenvalue weighted by Gasteiger charge is -2.33. The smallest absolute Gasteiger partial charge is 0.329 e. The van der Waals surface area contributed by atoms with Crippen LogP contribution in [0.25, 0.3) is 0 Å². The van der Waals surface area contributed by atoms with Gasteiger partial charge >= 0.3 is 5.97 Å². The van der Waals surface area contributed by atoms with Crippen LogP contribution in [0.15, 0.2) is 25.3 Å². The summed E-state index contributed by atoms with van der Waals surface area (Å²) in [6, 6.07) is 0. The van der Waals surface area contributed by atoms with Gasteiger partial charge in [-0.3, -0.25) is 4.79 Å². The molecule has 0 radical (unpaired) electrons. The van der Waals surface area contributed by atoms with Crippen molar-refractivity contribution in [3.63, 3.8) is 0 Å². The largest absolute Gasteiger partial charge is 0.480 e. The van der Waals surface area contributed by atoms with Gasteiger partial charge in [-0.25, -0.2) is 4.79 Å². The minimum Gasteiger partial charge on any atom is -0.480 e. The molecule has 0 aromatic rings. The number of carbonyl (C=O) groups is 2. The maximum absolute atomic E-state index is 12.4. The lowest BCUT2D eigenvalue weighted by Crippen LogP contribution is -2.52. The number of aliphatic carboxylic acids is 1. The molecular formula is C14H21NO3. The summed E-state index contributed by atoms with van der Waals surface area (Å²) >= 11 is 0. The number of rotatable bonds is 6. The van der Waals surface area contributed by atoms with Gasteiger partial charge < -0.3 is 10.0 Å². The molecule has 4 heteroatoms. The maximum atomic E-state index is 12.4. The van der Waals surface area contributed by atoms with Crippen LogP contribution in [0.1, 0.15) is 32.6 Å². The molecular weight excluding hydrogens is 230 g/mol. The minimum absolute atomic E-state index is 0.0998. The molecule has 1 atom stereocenters. The zero-order chi connectivity index (χ0) is 13.8. The fourth-order valence-electron chi connectivity index (χ4n) is 2.46. The van der Waals surface area contributed by atoms with E-state index in [1.165, 1.54) is 4.90 Å². The van der Waals surface area contributed by atoms with Crippen LogP contribution in [0, 0.1) is 5.92 Å². The molecule has 1 aliphatic heterocycles. The lowest BCUT2D eigenvalue weighted by atomic mass is 9.94. The van der Waals surface area contributed by atoms with E-state index in [9.17, 15) is 14.7 Å². The lowest BCUT2D eigenvalue weighted by molar-refractivity contribution is -0.156. The van der Waals surface area contributed by atoms with Crippen molar-refractivity contribution in [2.24, 2.45) is 5.92 Å². The van der Waals surface area contributed by atoms with E-state index in [0.29, 0.717) is 25.8 Å². The second-order valence-electron chi connectivity index (χ2n) is 4.92. The van der Waals surface area contributed by atoms with Crippen LogP contribution in [0.4, 0.5) is 0 Å². The molecule has 1 N–H and O–H groups in total. The topological polar surface area (TPSA) is 57.6 Å². The SMILES string of the molecule is C=CCC(CC=C)C(=O)N1CCCC1(C)C(=O)O. The Balaban J connectivity index is 2.90. The number of allylic oxidation sites excluding steroid dienone is 2. The molecule has 1 unspecified atom stereocenters. The highest BCUT2D eigenvalue weighted by molar-refractivity contribution is 5.88. The molecule has 1 heterocycles. The molecule has 1 rings (SSSR count). The van der Waals surface area contributed by atoms with E-state index in [4.69, 9.17) is 0 Å². The number of hydrogen-bond donors (Lipinski definition) is 1. The van der Waals surface area contributed by atoms with Crippen molar-refractivity contribution in [1.29, 1.82) is 0 Å². The molecule has 0 bridgehead atoms. The van der Waals surface area contributed by atoms with Gasteiger partial charge in [0.25, 0.3) is 0 Å². The first kappa shape index (κ1) is 14.5. The molecule has 0 aliphatic carbocycles. The molecule has 0 aromatic carbocycles. The quantitative estimate of drug-likeness (QED) is 0.736. The summed E-state index contributed by atoms with van der Waals surface area (Å²) in [7, 11) is 0. The zero-order valence-corrected chi connectivity index (χ0v) is 10.9. The molecule has 0 saturated carbocycles. The Morgan fingerprint density at radius 2 is 1.94 bits per heavy atom. The van der Waals surface area contributed by atoms with Crippen molar-refractivity contribution in [2.75, 3.05) is 6.54 Å². The van der Waals surface area contributed by atoms with Crippen LogP contribution in [0.5, 0.6) is 0 Å². The van der Waals surface area contributed by atoms with Gasteiger partial charge in [0.1, 0.15) is 5.54 Å². The molecule has 1 saturated heterocycles. The number of nitrogens with zero attached hydrogens (tertiary/aromatic N) is 1. The van der Waals surface area contributed by atoms with Crippen molar-refractivity contribution in [2.45, 2.75) is 38.1 Å². The number of likely N-dealkylation sites (tertiary alicyclic amines) is 1. The predicted octanol–water partition coefficient (Wildman–Crippen LogP) is 2.22. The molecule has 0 aromatic heterocycles. The Morgan fingerprint density at radius 3 is 2.39 bits per heavy atom. The summed E-state index contributed by atoms with van der Waals surface area (Å²) in [5.74, 6) is -1.27. The van der Waals surface area contributed by atoms with Crippen LogP contribution in [0.2, 0.25) is 0 Å². The number of carboxylic acid groups (broad SMARTS) is 1. The summed E-state index contributed by atoms with van der Waals surface area (Å²) in [6.45, 7) is 9.43. The van der Waals surface area contributed by atoms with Gasteiger partial charge in [0.05, 0.1) is 0 Å². The minimum atomic E-state index is -1.06. The average Bonchev–Trinajstić information content (AvgIpc) is 2.71. The van der Waals surface area contributed by atoms with Crippen molar-refractivity contribution in [3.8, 4) is 0 Å². The fourth-order valence-corrected chi connectivity index (χ4v) is 2.46. The molecule has 1 amide bonds. The fraction of sp³-hybridized carbons (Fsp3) is 0.571. The van der Waals surface area contributed by atoms with Crippen LogP contribution >= 0.6 is 0 Å². The maximum Gasteiger partial charge on any atom is 0.329 e. The Hall–Kier alpha value is -1.58. The normalized spacial score (nSPS) is 23.1. The predicted molar refractivity (Wildman–Crippen MR) is 70.1 cm³/mol. The van der Waals surface area contributed by atoms with Gasteiger partial charge in [0.15, 0.2) is 0 Å². The molecule has 18 heavy (non-hydrogen) atoms. The summed E-state index contributed by atoms with van der Waals surface area (Å²) < 4.78 is 0. The standard InChI is InChI=1S/C14H21NO3/c1-4-7-11(8-5-2)12(16)15-10-6-9-14(15,3)13(17)18/h4-5,11H,1-2,6-10H2,3H3,(H,17,18). The van der Waals surface area contributed by atoms with Gasteiger partial charge in [-0.2, -0.15) is 0 Å². The second-order valence-corrected chi connectivity index (χ2v) is 4.92. The highest BCUT2D eigenvalue weighted by Crippen LogP contribution is 2.31. The van der Waals surface area contributed by atoms with Crippen LogP contribution in [-0.4, -0.2) is 34.0 Å². The van der Waals surface area contributed by atoms with Crippen molar-refractivity contribution in [3.05, 3.63) is 25.3 Å². The van der Waals surface area contributed by atoms with Gasteiger partial charge in [-0.15, -0.1) is 13.2 Å². The monoisotopic (exact) mass is 251 g/mol. The van der Waals surface area contributed by atoms with E-state index in [0.717, 1.165) is 6.42 Å². The van der Waals surface area contributed by atoms with E-state index in [1.54, 1.807) is 19.1 Å². The van der Waals surface area contributed by atoms with Gasteiger partial charge in [0.2, 0.25) is 5.91 Å². The van der Waals surface area contributed by atoms with Crippen LogP contribution in [-0.2, 0) is 9.59 Å². The van der Waals surface area contributed by atoms with Crippen molar-refractivity contribution in [1.82, 2.24) is 4.90 Å². The summed E-state index contributed by atoms with van der Waals surface area (Å²) in [4.78, 5) is 25.3. The summed E-state index contributed by atoms with van der Waals surface area (Å²) in [6.07, 6.45) is 5.75. The first-order chi connectivity index (χ1) is 8.47. The number of amides is 1. The van der Waals surface area contributed by atoms with E-state index in [1.807, 2.05) is 0 Å². The third kappa shape index (κ3) is 2.63. The first-order valence-electron chi connectivity index (χ1n) is 6.24. The van der Waals surface area contributed by atoms with Gasteiger partial charge in [-0.1, -0.05) is 12.2 Å². The van der Waals surface area contributed by atoms with E-state index in [-0.39, 0.29) is 11.8 Å². The molecule has 1 aliphatic rings. The molecule has 1 fully saturated rings. The highest BCUT2D eigenvalue weighted by atomic mass is 16.4. The Morgan fingerprint density at radius 1 is 1.39 bits per heavy atom. The van der Waals surface area contributed by atoms with Crippen LogP contribution < -0.4 is 0 Å². The summed E-state index contributed by atoms with van der Waals surface area (Å²) in [5.41, 5.74) is -1.06.